The third-order valence-corrected chi connectivity index (χ3v) is 4.58. The van der Waals surface area contributed by atoms with E-state index in [0.29, 0.717) is 12.1 Å². The van der Waals surface area contributed by atoms with E-state index in [4.69, 9.17) is 10.4 Å². The van der Waals surface area contributed by atoms with E-state index in [0.717, 1.165) is 0 Å². The normalized spacial score (nSPS) is 12.0. The monoisotopic (exact) mass is 317 g/mol. The Balaban J connectivity index is 3.26. The average Bonchev–Trinajstić information content (AvgIpc) is 2.39. The van der Waals surface area contributed by atoms with Crippen molar-refractivity contribution >= 4 is 15.8 Å². The Kier molecular flexibility index (Phi) is 4.69. The maximum Gasteiger partial charge on any atom is 0.335 e. The number of carbonyl (C=O) groups is 1. The van der Waals surface area contributed by atoms with Gasteiger partial charge in [0.2, 0.25) is 0 Å². The predicted octanol–water partition coefficient (Wildman–Crippen LogP) is 2.38. The number of carboxylic acid groups (broad SMARTS) is 1. The number of hydrogen-bond donors (Lipinski definition) is 1. The van der Waals surface area contributed by atoms with E-state index in [1.807, 2.05) is 6.07 Å². The van der Waals surface area contributed by atoms with Crippen molar-refractivity contribution in [1.82, 2.24) is 0 Å². The average molecular weight is 317 g/mol. The largest absolute Gasteiger partial charge is 0.478 e. The topological polar surface area (TPSA) is 95.2 Å². The lowest BCUT2D eigenvalue weighted by Crippen LogP contribution is -2.18. The molecular formula is C13H13F2NO4S. The summed E-state index contributed by atoms with van der Waals surface area (Å²) in [7, 11) is -4.24. The summed E-state index contributed by atoms with van der Waals surface area (Å²) in [6, 6.07) is 2.89. The first-order valence-electron chi connectivity index (χ1n) is 5.86. The zero-order valence-corrected chi connectivity index (χ0v) is 12.2. The third-order valence-electron chi connectivity index (χ3n) is 2.88. The summed E-state index contributed by atoms with van der Waals surface area (Å²) in [6.45, 7) is 3.01. The van der Waals surface area contributed by atoms with Crippen LogP contribution in [0.5, 0.6) is 0 Å². The van der Waals surface area contributed by atoms with Crippen molar-refractivity contribution in [3.8, 4) is 6.07 Å². The van der Waals surface area contributed by atoms with Crippen LogP contribution in [0.2, 0.25) is 0 Å². The predicted molar refractivity (Wildman–Crippen MR) is 69.4 cm³/mol. The third kappa shape index (κ3) is 3.98. The van der Waals surface area contributed by atoms with Crippen LogP contribution in [0, 0.1) is 28.4 Å². The maximum atomic E-state index is 13.6. The fourth-order valence-electron chi connectivity index (χ4n) is 1.47. The molecule has 0 aliphatic carbocycles. The highest BCUT2D eigenvalue weighted by atomic mass is 32.2. The molecule has 0 atom stereocenters. The molecule has 0 aliphatic rings. The number of nitrogens with zero attached hydrogens (tertiary/aromatic N) is 1. The molecule has 0 saturated heterocycles. The highest BCUT2D eigenvalue weighted by molar-refractivity contribution is 7.91. The van der Waals surface area contributed by atoms with E-state index in [1.165, 1.54) is 13.8 Å². The minimum atomic E-state index is -4.24. The molecule has 0 unspecified atom stereocenters. The summed E-state index contributed by atoms with van der Waals surface area (Å²) < 4.78 is 51.0. The van der Waals surface area contributed by atoms with Crippen molar-refractivity contribution in [2.75, 3.05) is 5.75 Å². The summed E-state index contributed by atoms with van der Waals surface area (Å²) in [4.78, 5) is 9.77. The van der Waals surface area contributed by atoms with Gasteiger partial charge in [-0.05, 0) is 32.4 Å². The lowest BCUT2D eigenvalue weighted by atomic mass is 9.93. The molecule has 0 fully saturated rings. The summed E-state index contributed by atoms with van der Waals surface area (Å²) >= 11 is 0. The smallest absolute Gasteiger partial charge is 0.335 e. The van der Waals surface area contributed by atoms with Crippen LogP contribution in [0.1, 0.15) is 30.6 Å². The molecule has 0 amide bonds. The Morgan fingerprint density at radius 3 is 2.43 bits per heavy atom. The van der Waals surface area contributed by atoms with Crippen LogP contribution in [0.25, 0.3) is 0 Å². The molecule has 0 aromatic heterocycles. The number of carboxylic acids is 1. The first-order chi connectivity index (χ1) is 9.50. The molecule has 1 aromatic rings. The molecule has 1 rings (SSSR count). The highest BCUT2D eigenvalue weighted by Gasteiger charge is 2.27. The van der Waals surface area contributed by atoms with Gasteiger partial charge in [-0.1, -0.05) is 0 Å². The quantitative estimate of drug-likeness (QED) is 0.899. The molecule has 0 radical (unpaired) electrons. The zero-order chi connectivity index (χ0) is 16.4. The van der Waals surface area contributed by atoms with Gasteiger partial charge in [-0.15, -0.1) is 0 Å². The number of nitriles is 1. The fraction of sp³-hybridized carbons (Fsp3) is 0.385. The summed E-state index contributed by atoms with van der Waals surface area (Å²) in [5.74, 6) is -5.32. The van der Waals surface area contributed by atoms with Gasteiger partial charge >= 0.3 is 5.97 Å². The standard InChI is InChI=1S/C13H13F2NO4S/c1-13(2,7-16)3-4-21(19,20)10-6-8(12(17)18)5-9(14)11(10)15/h5-6H,3-4H2,1-2H3,(H,17,18). The van der Waals surface area contributed by atoms with E-state index < -0.39 is 49.1 Å². The van der Waals surface area contributed by atoms with Crippen LogP contribution < -0.4 is 0 Å². The number of benzene rings is 1. The highest BCUT2D eigenvalue weighted by Crippen LogP contribution is 2.25. The molecule has 8 heteroatoms. The van der Waals surface area contributed by atoms with Gasteiger partial charge in [-0.2, -0.15) is 5.26 Å². The van der Waals surface area contributed by atoms with Crippen molar-refractivity contribution < 1.29 is 27.1 Å². The minimum absolute atomic E-state index is 0.0931. The Morgan fingerprint density at radius 1 is 1.38 bits per heavy atom. The van der Waals surface area contributed by atoms with Gasteiger partial charge in [0.15, 0.2) is 21.5 Å². The van der Waals surface area contributed by atoms with Crippen molar-refractivity contribution in [3.63, 3.8) is 0 Å². The van der Waals surface area contributed by atoms with Gasteiger partial charge in [-0.25, -0.2) is 22.0 Å². The van der Waals surface area contributed by atoms with Crippen LogP contribution >= 0.6 is 0 Å². The van der Waals surface area contributed by atoms with Crippen molar-refractivity contribution in [1.29, 1.82) is 5.26 Å². The van der Waals surface area contributed by atoms with E-state index in [1.54, 1.807) is 0 Å². The molecule has 0 aliphatic heterocycles. The molecule has 114 valence electrons. The number of hydrogen-bond acceptors (Lipinski definition) is 4. The SMILES string of the molecule is CC(C)(C#N)CCS(=O)(=O)c1cc(C(=O)O)cc(F)c1F. The molecular weight excluding hydrogens is 304 g/mol. The lowest BCUT2D eigenvalue weighted by Gasteiger charge is -2.15. The van der Waals surface area contributed by atoms with Crippen LogP contribution in [0.15, 0.2) is 17.0 Å². The Bertz CT molecular complexity index is 720. The second-order valence-corrected chi connectivity index (χ2v) is 7.22. The lowest BCUT2D eigenvalue weighted by molar-refractivity contribution is 0.0696. The van der Waals surface area contributed by atoms with Gasteiger partial charge in [-0.3, -0.25) is 0 Å². The van der Waals surface area contributed by atoms with Crippen LogP contribution in [0.3, 0.4) is 0 Å². The van der Waals surface area contributed by atoms with E-state index in [-0.39, 0.29) is 6.42 Å². The molecule has 1 N–H and O–H groups in total. The molecule has 5 nitrogen and oxygen atoms in total. The van der Waals surface area contributed by atoms with Crippen molar-refractivity contribution in [2.45, 2.75) is 25.2 Å². The van der Waals surface area contributed by atoms with Crippen molar-refractivity contribution in [2.24, 2.45) is 5.41 Å². The van der Waals surface area contributed by atoms with E-state index >= 15 is 0 Å². The Hall–Kier alpha value is -2.01. The number of aromatic carboxylic acids is 1. The Morgan fingerprint density at radius 2 is 1.95 bits per heavy atom. The first kappa shape index (κ1) is 17.0. The molecule has 0 spiro atoms. The zero-order valence-electron chi connectivity index (χ0n) is 11.4. The number of sulfone groups is 1. The van der Waals surface area contributed by atoms with E-state index in [9.17, 15) is 22.0 Å². The summed E-state index contributed by atoms with van der Waals surface area (Å²) in [5, 5.41) is 17.6. The van der Waals surface area contributed by atoms with Gasteiger partial charge in [0.25, 0.3) is 0 Å². The summed E-state index contributed by atoms with van der Waals surface area (Å²) in [6.07, 6.45) is -0.0931. The van der Waals surface area contributed by atoms with Crippen LogP contribution in [-0.2, 0) is 9.84 Å². The minimum Gasteiger partial charge on any atom is -0.478 e. The first-order valence-corrected chi connectivity index (χ1v) is 7.52. The number of halogens is 2. The van der Waals surface area contributed by atoms with Crippen LogP contribution in [-0.4, -0.2) is 25.2 Å². The molecule has 1 aromatic carbocycles. The van der Waals surface area contributed by atoms with Crippen molar-refractivity contribution in [3.05, 3.63) is 29.3 Å². The maximum absolute atomic E-state index is 13.6. The second-order valence-electron chi connectivity index (χ2n) is 5.14. The second kappa shape index (κ2) is 5.77. The van der Waals surface area contributed by atoms with Gasteiger partial charge in [0.1, 0.15) is 4.90 Å². The van der Waals surface area contributed by atoms with Gasteiger partial charge < -0.3 is 5.11 Å². The number of rotatable bonds is 5. The van der Waals surface area contributed by atoms with Gasteiger partial charge in [0.05, 0.1) is 22.8 Å². The fourth-order valence-corrected chi connectivity index (χ4v) is 3.15. The molecule has 21 heavy (non-hydrogen) atoms. The summed E-state index contributed by atoms with van der Waals surface area (Å²) in [5.41, 5.74) is -1.61. The molecule has 0 saturated carbocycles. The molecule has 0 heterocycles. The van der Waals surface area contributed by atoms with Gasteiger partial charge in [0, 0.05) is 0 Å². The Labute approximate surface area is 120 Å². The van der Waals surface area contributed by atoms with E-state index in [2.05, 4.69) is 0 Å². The molecule has 0 bridgehead atoms. The van der Waals surface area contributed by atoms with Crippen LogP contribution in [0.4, 0.5) is 8.78 Å².